The second-order valence-electron chi connectivity index (χ2n) is 11.6. The normalized spacial score (nSPS) is 31.1. The summed E-state index contributed by atoms with van der Waals surface area (Å²) in [4.78, 5) is 17.6. The number of nitrogens with zero attached hydrogens (tertiary/aromatic N) is 5. The number of amides is 1. The first-order valence-corrected chi connectivity index (χ1v) is 14.2. The van der Waals surface area contributed by atoms with Gasteiger partial charge in [0.2, 0.25) is 5.91 Å². The number of aliphatic hydroxyl groups excluding tert-OH is 1. The summed E-state index contributed by atoms with van der Waals surface area (Å²) in [6.07, 6.45) is 9.17. The van der Waals surface area contributed by atoms with Crippen molar-refractivity contribution in [3.8, 4) is 6.07 Å². The molecule has 8 heteroatoms. The van der Waals surface area contributed by atoms with Gasteiger partial charge < -0.3 is 14.9 Å². The number of hydrogen-bond acceptors (Lipinski definition) is 6. The number of nitriles is 1. The Morgan fingerprint density at radius 2 is 1.75 bits per heavy atom. The molecule has 0 spiro atoms. The molecule has 1 amide bonds. The largest absolute Gasteiger partial charge is 0.393 e. The van der Waals surface area contributed by atoms with Crippen molar-refractivity contribution in [2.45, 2.75) is 69.9 Å². The lowest BCUT2D eigenvalue weighted by Gasteiger charge is -2.32. The molecule has 0 bridgehead atoms. The molecule has 4 fully saturated rings. The molecule has 1 N–H and O–H groups in total. The number of amidine groups is 1. The first kappa shape index (κ1) is 24.1. The summed E-state index contributed by atoms with van der Waals surface area (Å²) in [5.74, 6) is 3.38. The third-order valence-corrected chi connectivity index (χ3v) is 9.76. The number of benzene rings is 1. The highest BCUT2D eigenvalue weighted by atomic mass is 35.5. The van der Waals surface area contributed by atoms with Gasteiger partial charge in [0.25, 0.3) is 0 Å². The molecular weight excluding hydrogens is 474 g/mol. The minimum atomic E-state index is -0.245. The maximum atomic E-state index is 13.1. The van der Waals surface area contributed by atoms with Gasteiger partial charge in [0.1, 0.15) is 11.9 Å². The molecule has 7 nitrogen and oxygen atoms in total. The number of halogens is 1. The Bertz CT molecular complexity index is 1060. The van der Waals surface area contributed by atoms with Gasteiger partial charge in [-0.15, -0.1) is 0 Å². The molecule has 2 saturated heterocycles. The summed E-state index contributed by atoms with van der Waals surface area (Å²) >= 11 is 6.39. The summed E-state index contributed by atoms with van der Waals surface area (Å²) in [7, 11) is 0. The van der Waals surface area contributed by atoms with E-state index in [9.17, 15) is 15.2 Å². The van der Waals surface area contributed by atoms with Crippen molar-refractivity contribution in [1.82, 2.24) is 9.80 Å². The zero-order chi connectivity index (χ0) is 24.8. The van der Waals surface area contributed by atoms with Crippen molar-refractivity contribution in [3.05, 3.63) is 28.8 Å². The van der Waals surface area contributed by atoms with Gasteiger partial charge in [-0.2, -0.15) is 10.4 Å². The SMILES string of the molecule is N#Cc1ccc(N2N=C(N3C[C@H]4CC(C(=O)N5CCC(O)CC5)C[C@H]4C3)CC2C2CCCC2)cc1Cl. The van der Waals surface area contributed by atoms with Gasteiger partial charge in [-0.05, 0) is 74.5 Å². The van der Waals surface area contributed by atoms with Crippen LogP contribution in [0.3, 0.4) is 0 Å². The van der Waals surface area contributed by atoms with Crippen LogP contribution in [0.1, 0.15) is 63.4 Å². The Morgan fingerprint density at radius 1 is 1.06 bits per heavy atom. The van der Waals surface area contributed by atoms with Crippen molar-refractivity contribution in [2.75, 3.05) is 31.2 Å². The predicted molar refractivity (Wildman–Crippen MR) is 140 cm³/mol. The van der Waals surface area contributed by atoms with Crippen LogP contribution in [0.15, 0.2) is 23.3 Å². The molecule has 0 aromatic heterocycles. The molecule has 1 aromatic rings. The van der Waals surface area contributed by atoms with Crippen LogP contribution in [0.4, 0.5) is 5.69 Å². The van der Waals surface area contributed by atoms with Gasteiger partial charge in [0.05, 0.1) is 28.4 Å². The van der Waals surface area contributed by atoms with Crippen molar-refractivity contribution in [2.24, 2.45) is 28.8 Å². The van der Waals surface area contributed by atoms with Gasteiger partial charge in [0.15, 0.2) is 0 Å². The Kier molecular flexibility index (Phi) is 6.60. The first-order valence-electron chi connectivity index (χ1n) is 13.8. The van der Waals surface area contributed by atoms with Crippen molar-refractivity contribution in [1.29, 1.82) is 5.26 Å². The average molecular weight is 510 g/mol. The highest BCUT2D eigenvalue weighted by Crippen LogP contribution is 2.45. The van der Waals surface area contributed by atoms with Crippen LogP contribution >= 0.6 is 11.6 Å². The smallest absolute Gasteiger partial charge is 0.225 e. The van der Waals surface area contributed by atoms with Crippen molar-refractivity contribution in [3.63, 3.8) is 0 Å². The summed E-state index contributed by atoms with van der Waals surface area (Å²) in [6.45, 7) is 3.38. The van der Waals surface area contributed by atoms with Crippen molar-refractivity contribution < 1.29 is 9.90 Å². The number of carbonyl (C=O) groups is 1. The van der Waals surface area contributed by atoms with E-state index in [1.165, 1.54) is 31.5 Å². The Labute approximate surface area is 218 Å². The summed E-state index contributed by atoms with van der Waals surface area (Å²) in [5.41, 5.74) is 1.47. The van der Waals surface area contributed by atoms with Crippen molar-refractivity contribution >= 4 is 29.0 Å². The lowest BCUT2D eigenvalue weighted by molar-refractivity contribution is -0.137. The number of hydrogen-bond donors (Lipinski definition) is 1. The van der Waals surface area contributed by atoms with Gasteiger partial charge in [0, 0.05) is 38.5 Å². The fourth-order valence-corrected chi connectivity index (χ4v) is 7.67. The molecule has 2 saturated carbocycles. The quantitative estimate of drug-likeness (QED) is 0.659. The van der Waals surface area contributed by atoms with Gasteiger partial charge in [-0.25, -0.2) is 0 Å². The summed E-state index contributed by atoms with van der Waals surface area (Å²) in [5, 5.41) is 26.9. The number of aliphatic hydroxyl groups is 1. The molecule has 192 valence electrons. The molecule has 5 aliphatic rings. The molecule has 36 heavy (non-hydrogen) atoms. The van der Waals surface area contributed by atoms with E-state index in [0.29, 0.717) is 66.2 Å². The third kappa shape index (κ3) is 4.48. The second-order valence-corrected chi connectivity index (χ2v) is 12.0. The van der Waals surface area contributed by atoms with E-state index in [1.54, 1.807) is 6.07 Å². The predicted octanol–water partition coefficient (Wildman–Crippen LogP) is 4.24. The number of rotatable bonds is 3. The number of likely N-dealkylation sites (tertiary alicyclic amines) is 2. The van der Waals surface area contributed by atoms with E-state index in [4.69, 9.17) is 16.7 Å². The zero-order valence-corrected chi connectivity index (χ0v) is 21.6. The van der Waals surface area contributed by atoms with Gasteiger partial charge >= 0.3 is 0 Å². The molecule has 0 radical (unpaired) electrons. The van der Waals surface area contributed by atoms with Crippen LogP contribution in [0.25, 0.3) is 0 Å². The number of anilines is 1. The van der Waals surface area contributed by atoms with Crippen LogP contribution in [0, 0.1) is 35.0 Å². The van der Waals surface area contributed by atoms with Crippen LogP contribution in [0.5, 0.6) is 0 Å². The Hall–Kier alpha value is -2.30. The van der Waals surface area contributed by atoms with E-state index in [1.807, 2.05) is 17.0 Å². The summed E-state index contributed by atoms with van der Waals surface area (Å²) in [6, 6.07) is 8.17. The van der Waals surface area contributed by atoms with Crippen LogP contribution in [-0.2, 0) is 4.79 Å². The lowest BCUT2D eigenvalue weighted by Crippen LogP contribution is -2.43. The van der Waals surface area contributed by atoms with E-state index in [-0.39, 0.29) is 12.0 Å². The molecule has 2 aliphatic carbocycles. The fourth-order valence-electron chi connectivity index (χ4n) is 7.46. The molecule has 1 aromatic carbocycles. The van der Waals surface area contributed by atoms with Crippen LogP contribution < -0.4 is 5.01 Å². The van der Waals surface area contributed by atoms with E-state index >= 15 is 0 Å². The monoisotopic (exact) mass is 509 g/mol. The summed E-state index contributed by atoms with van der Waals surface area (Å²) < 4.78 is 0. The Balaban J connectivity index is 1.14. The highest BCUT2D eigenvalue weighted by Gasteiger charge is 2.47. The molecular formula is C28H36ClN5O2. The molecule has 4 atom stereocenters. The molecule has 3 aliphatic heterocycles. The number of fused-ring (bicyclic) bond motifs is 1. The zero-order valence-electron chi connectivity index (χ0n) is 20.9. The van der Waals surface area contributed by atoms with E-state index in [2.05, 4.69) is 16.0 Å². The minimum Gasteiger partial charge on any atom is -0.393 e. The second kappa shape index (κ2) is 9.87. The van der Waals surface area contributed by atoms with E-state index < -0.39 is 0 Å². The number of piperidine rings is 1. The fraction of sp³-hybridized carbons (Fsp3) is 0.679. The third-order valence-electron chi connectivity index (χ3n) is 9.45. The maximum absolute atomic E-state index is 13.1. The molecule has 2 unspecified atom stereocenters. The van der Waals surface area contributed by atoms with E-state index in [0.717, 1.165) is 38.0 Å². The van der Waals surface area contributed by atoms with Crippen LogP contribution in [0.2, 0.25) is 5.02 Å². The topological polar surface area (TPSA) is 83.2 Å². The van der Waals surface area contributed by atoms with Gasteiger partial charge in [-0.3, -0.25) is 9.80 Å². The highest BCUT2D eigenvalue weighted by molar-refractivity contribution is 6.32. The lowest BCUT2D eigenvalue weighted by atomic mass is 9.94. The first-order chi connectivity index (χ1) is 17.5. The van der Waals surface area contributed by atoms with Crippen LogP contribution in [-0.4, -0.2) is 65.0 Å². The number of carbonyl (C=O) groups excluding carboxylic acids is 1. The maximum Gasteiger partial charge on any atom is 0.225 e. The van der Waals surface area contributed by atoms with Gasteiger partial charge in [-0.1, -0.05) is 24.4 Å². The minimum absolute atomic E-state index is 0.145. The number of hydrazone groups is 1. The molecule has 3 heterocycles. The molecule has 6 rings (SSSR count). The average Bonchev–Trinajstić information content (AvgIpc) is 3.67. The standard InChI is InChI=1S/C28H36ClN5O2/c29-25-13-23(6-5-19(25)15-30)34-26(18-3-1-2-4-18)14-27(31-34)33-16-21-11-20(12-22(21)17-33)28(36)32-9-7-24(35)8-10-32/h5-6,13,18,20-22,24,26,35H,1-4,7-12,14,16-17H2/t20?,21-,22+,26?. The Morgan fingerprint density at radius 3 is 2.39 bits per heavy atom.